The number of anilines is 1. The molecule has 138 valence electrons. The van der Waals surface area contributed by atoms with E-state index in [1.54, 1.807) is 23.1 Å². The molecule has 1 aliphatic heterocycles. The van der Waals surface area contributed by atoms with Crippen LogP contribution in [0.4, 0.5) is 5.69 Å². The largest absolute Gasteiger partial charge is 0.323 e. The van der Waals surface area contributed by atoms with Crippen LogP contribution in [0, 0.1) is 5.92 Å². The zero-order chi connectivity index (χ0) is 17.9. The average molecular weight is 374 g/mol. The van der Waals surface area contributed by atoms with Gasteiger partial charge in [0.05, 0.1) is 17.9 Å². The van der Waals surface area contributed by atoms with Crippen molar-refractivity contribution in [1.82, 2.24) is 19.7 Å². The molecule has 1 saturated carbocycles. The van der Waals surface area contributed by atoms with Crippen LogP contribution in [0.15, 0.2) is 30.9 Å². The van der Waals surface area contributed by atoms with E-state index in [4.69, 9.17) is 11.6 Å². The fourth-order valence-corrected chi connectivity index (χ4v) is 4.61. The molecule has 2 fully saturated rings. The fourth-order valence-electron chi connectivity index (χ4n) is 4.44. The van der Waals surface area contributed by atoms with E-state index in [2.05, 4.69) is 20.3 Å². The topological polar surface area (TPSA) is 63.1 Å². The van der Waals surface area contributed by atoms with E-state index in [0.29, 0.717) is 23.3 Å². The Balaban J connectivity index is 1.47. The molecule has 4 rings (SSSR count). The lowest BCUT2D eigenvalue weighted by molar-refractivity contribution is -0.118. The molecule has 6 nitrogen and oxygen atoms in total. The molecule has 2 heterocycles. The molecule has 0 unspecified atom stereocenters. The molecular weight excluding hydrogens is 350 g/mol. The number of nitrogens with zero attached hydrogens (tertiary/aromatic N) is 4. The summed E-state index contributed by atoms with van der Waals surface area (Å²) in [5, 5.41) is 7.76. The van der Waals surface area contributed by atoms with E-state index < -0.39 is 0 Å². The van der Waals surface area contributed by atoms with Gasteiger partial charge in [0.25, 0.3) is 0 Å². The van der Waals surface area contributed by atoms with Crippen LogP contribution in [-0.2, 0) is 4.79 Å². The van der Waals surface area contributed by atoms with Gasteiger partial charge in [0.15, 0.2) is 0 Å². The molecule has 2 aromatic rings. The van der Waals surface area contributed by atoms with Crippen molar-refractivity contribution < 1.29 is 4.79 Å². The standard InChI is InChI=1S/C19H24ClN5O/c20-15-7-8-18(25-13-21-12-22-25)16(10-15)23-19(26)11-24-9-3-5-14-4-1-2-6-17(14)24/h7-8,10,12-14,17H,1-6,9,11H2,(H,23,26)/t14-,17+/m0/s1. The number of hydrogen-bond acceptors (Lipinski definition) is 4. The van der Waals surface area contributed by atoms with Gasteiger partial charge in [-0.3, -0.25) is 9.69 Å². The third-order valence-electron chi connectivity index (χ3n) is 5.60. The number of fused-ring (bicyclic) bond motifs is 1. The molecule has 0 spiro atoms. The molecule has 0 bridgehead atoms. The molecule has 2 aliphatic rings. The Labute approximate surface area is 158 Å². The zero-order valence-corrected chi connectivity index (χ0v) is 15.5. The van der Waals surface area contributed by atoms with Gasteiger partial charge >= 0.3 is 0 Å². The first-order valence-corrected chi connectivity index (χ1v) is 9.77. The van der Waals surface area contributed by atoms with Crippen LogP contribution < -0.4 is 5.32 Å². The second-order valence-corrected chi connectivity index (χ2v) is 7.71. The highest BCUT2D eigenvalue weighted by Crippen LogP contribution is 2.35. The summed E-state index contributed by atoms with van der Waals surface area (Å²) in [6, 6.07) is 5.95. The number of benzene rings is 1. The van der Waals surface area contributed by atoms with Gasteiger partial charge in [-0.1, -0.05) is 24.4 Å². The van der Waals surface area contributed by atoms with Crippen molar-refractivity contribution in [3.05, 3.63) is 35.9 Å². The summed E-state index contributed by atoms with van der Waals surface area (Å²) in [5.41, 5.74) is 1.42. The minimum atomic E-state index is -0.000134. The van der Waals surface area contributed by atoms with Crippen LogP contribution in [-0.4, -0.2) is 44.7 Å². The number of amides is 1. The Hall–Kier alpha value is -1.92. The zero-order valence-electron chi connectivity index (χ0n) is 14.8. The van der Waals surface area contributed by atoms with Crippen LogP contribution >= 0.6 is 11.6 Å². The second-order valence-electron chi connectivity index (χ2n) is 7.27. The van der Waals surface area contributed by atoms with Crippen LogP contribution in [0.5, 0.6) is 0 Å². The Morgan fingerprint density at radius 3 is 2.92 bits per heavy atom. The summed E-state index contributed by atoms with van der Waals surface area (Å²) >= 11 is 6.14. The maximum absolute atomic E-state index is 12.7. The molecule has 1 aromatic carbocycles. The quantitative estimate of drug-likeness (QED) is 0.890. The first-order chi connectivity index (χ1) is 12.7. The smallest absolute Gasteiger partial charge is 0.238 e. The monoisotopic (exact) mass is 373 g/mol. The van der Waals surface area contributed by atoms with Gasteiger partial charge in [0.1, 0.15) is 12.7 Å². The normalized spacial score (nSPS) is 23.4. The third-order valence-corrected chi connectivity index (χ3v) is 5.84. The minimum Gasteiger partial charge on any atom is -0.323 e. The molecule has 26 heavy (non-hydrogen) atoms. The summed E-state index contributed by atoms with van der Waals surface area (Å²) in [6.45, 7) is 1.45. The van der Waals surface area contributed by atoms with Crippen molar-refractivity contribution in [1.29, 1.82) is 0 Å². The Morgan fingerprint density at radius 2 is 2.08 bits per heavy atom. The third kappa shape index (κ3) is 3.76. The van der Waals surface area contributed by atoms with Crippen LogP contribution in [0.3, 0.4) is 0 Å². The summed E-state index contributed by atoms with van der Waals surface area (Å²) in [7, 11) is 0. The van der Waals surface area contributed by atoms with Gasteiger partial charge in [-0.15, -0.1) is 0 Å². The van der Waals surface area contributed by atoms with E-state index in [-0.39, 0.29) is 5.91 Å². The SMILES string of the molecule is O=C(CN1CCC[C@@H]2CCCC[C@H]21)Nc1cc(Cl)ccc1-n1cncn1. The number of carbonyl (C=O) groups excluding carboxylic acids is 1. The number of aromatic nitrogens is 3. The van der Waals surface area contributed by atoms with Crippen molar-refractivity contribution in [2.24, 2.45) is 5.92 Å². The number of rotatable bonds is 4. The molecule has 2 atom stereocenters. The first-order valence-electron chi connectivity index (χ1n) is 9.39. The van der Waals surface area contributed by atoms with Gasteiger partial charge in [0.2, 0.25) is 5.91 Å². The summed E-state index contributed by atoms with van der Waals surface area (Å²) in [6.07, 6.45) is 10.7. The van der Waals surface area contributed by atoms with Crippen molar-refractivity contribution in [3.8, 4) is 5.69 Å². The lowest BCUT2D eigenvalue weighted by atomic mass is 9.78. The Kier molecular flexibility index (Phi) is 5.22. The number of likely N-dealkylation sites (tertiary alicyclic amines) is 1. The molecule has 1 N–H and O–H groups in total. The van der Waals surface area contributed by atoms with E-state index in [1.165, 1.54) is 44.9 Å². The number of halogens is 1. The van der Waals surface area contributed by atoms with Crippen LogP contribution in [0.25, 0.3) is 5.69 Å². The molecule has 0 radical (unpaired) electrons. The van der Waals surface area contributed by atoms with Crippen LogP contribution in [0.2, 0.25) is 5.02 Å². The second kappa shape index (κ2) is 7.76. The van der Waals surface area contributed by atoms with E-state index in [1.807, 2.05) is 6.07 Å². The van der Waals surface area contributed by atoms with E-state index in [0.717, 1.165) is 18.2 Å². The van der Waals surface area contributed by atoms with Gasteiger partial charge in [0, 0.05) is 11.1 Å². The number of hydrogen-bond donors (Lipinski definition) is 1. The van der Waals surface area contributed by atoms with Gasteiger partial charge < -0.3 is 5.32 Å². The summed E-state index contributed by atoms with van der Waals surface area (Å²) < 4.78 is 1.63. The minimum absolute atomic E-state index is 0.000134. The highest BCUT2D eigenvalue weighted by molar-refractivity contribution is 6.31. The van der Waals surface area contributed by atoms with Crippen molar-refractivity contribution >= 4 is 23.2 Å². The van der Waals surface area contributed by atoms with Crippen LogP contribution in [0.1, 0.15) is 38.5 Å². The Bertz CT molecular complexity index is 761. The molecule has 1 amide bonds. The molecular formula is C19H24ClN5O. The number of nitrogens with one attached hydrogen (secondary N) is 1. The highest BCUT2D eigenvalue weighted by atomic mass is 35.5. The van der Waals surface area contributed by atoms with E-state index in [9.17, 15) is 4.79 Å². The average Bonchev–Trinajstić information content (AvgIpc) is 3.16. The molecule has 1 saturated heterocycles. The number of carbonyl (C=O) groups is 1. The molecule has 1 aliphatic carbocycles. The fraction of sp³-hybridized carbons (Fsp3) is 0.526. The van der Waals surface area contributed by atoms with Crippen molar-refractivity contribution in [2.75, 3.05) is 18.4 Å². The van der Waals surface area contributed by atoms with Crippen molar-refractivity contribution in [3.63, 3.8) is 0 Å². The van der Waals surface area contributed by atoms with Gasteiger partial charge in [-0.25, -0.2) is 9.67 Å². The highest BCUT2D eigenvalue weighted by Gasteiger charge is 2.33. The first kappa shape index (κ1) is 17.5. The van der Waals surface area contributed by atoms with Gasteiger partial charge in [-0.2, -0.15) is 5.10 Å². The molecule has 1 aromatic heterocycles. The summed E-state index contributed by atoms with van der Waals surface area (Å²) in [4.78, 5) is 19.1. The lowest BCUT2D eigenvalue weighted by Gasteiger charge is -2.43. The lowest BCUT2D eigenvalue weighted by Crippen LogP contribution is -2.49. The maximum atomic E-state index is 12.7. The predicted molar refractivity (Wildman–Crippen MR) is 102 cm³/mol. The molecule has 7 heteroatoms. The maximum Gasteiger partial charge on any atom is 0.238 e. The Morgan fingerprint density at radius 1 is 1.23 bits per heavy atom. The number of piperidine rings is 1. The van der Waals surface area contributed by atoms with Crippen molar-refractivity contribution in [2.45, 2.75) is 44.6 Å². The van der Waals surface area contributed by atoms with Gasteiger partial charge in [-0.05, 0) is 56.3 Å². The summed E-state index contributed by atoms with van der Waals surface area (Å²) in [5.74, 6) is 0.766. The predicted octanol–water partition coefficient (Wildman–Crippen LogP) is 3.51. The van der Waals surface area contributed by atoms with E-state index >= 15 is 0 Å².